The van der Waals surface area contributed by atoms with E-state index < -0.39 is 0 Å². The summed E-state index contributed by atoms with van der Waals surface area (Å²) in [5, 5.41) is 5.10. The van der Waals surface area contributed by atoms with Crippen LogP contribution in [0.2, 0.25) is 0 Å². The quantitative estimate of drug-likeness (QED) is 0.878. The number of nitrogens with one attached hydrogen (secondary N) is 1. The monoisotopic (exact) mass is 345 g/mol. The van der Waals surface area contributed by atoms with Crippen LogP contribution in [0.1, 0.15) is 30.7 Å². The fourth-order valence-electron chi connectivity index (χ4n) is 2.59. The normalized spacial score (nSPS) is 19.3. The molecule has 1 atom stereocenters. The average Bonchev–Trinajstić information content (AvgIpc) is 2.78. The van der Waals surface area contributed by atoms with Crippen molar-refractivity contribution in [2.75, 3.05) is 19.6 Å². The molecule has 0 radical (unpaired) electrons. The highest BCUT2D eigenvalue weighted by Crippen LogP contribution is 2.30. The summed E-state index contributed by atoms with van der Waals surface area (Å²) < 4.78 is 1.12. The van der Waals surface area contributed by atoms with Gasteiger partial charge in [0.1, 0.15) is 0 Å². The van der Waals surface area contributed by atoms with E-state index in [1.165, 1.54) is 4.88 Å². The van der Waals surface area contributed by atoms with Crippen LogP contribution >= 0.6 is 27.3 Å². The van der Waals surface area contributed by atoms with E-state index in [2.05, 4.69) is 37.6 Å². The number of nitrogens with two attached hydrogens (primary N) is 1. The number of amides is 1. The van der Waals surface area contributed by atoms with Crippen molar-refractivity contribution in [1.82, 2.24) is 10.2 Å². The molecule has 6 heteroatoms. The van der Waals surface area contributed by atoms with Crippen LogP contribution in [0, 0.1) is 0 Å². The van der Waals surface area contributed by atoms with Crippen LogP contribution in [0.5, 0.6) is 0 Å². The predicted molar refractivity (Wildman–Crippen MR) is 82.2 cm³/mol. The maximum Gasteiger partial charge on any atom is 0.217 e. The van der Waals surface area contributed by atoms with Crippen molar-refractivity contribution in [2.45, 2.75) is 31.8 Å². The molecule has 1 aliphatic rings. The van der Waals surface area contributed by atoms with Crippen LogP contribution in [0.15, 0.2) is 15.9 Å². The lowest BCUT2D eigenvalue weighted by Crippen LogP contribution is -2.46. The number of likely N-dealkylation sites (tertiary alicyclic amines) is 1. The summed E-state index contributed by atoms with van der Waals surface area (Å²) in [6.07, 6.45) is 2.01. The molecule has 0 bridgehead atoms. The first-order valence-corrected chi connectivity index (χ1v) is 8.22. The summed E-state index contributed by atoms with van der Waals surface area (Å²) in [4.78, 5) is 14.8. The molecule has 2 rings (SSSR count). The van der Waals surface area contributed by atoms with Gasteiger partial charge in [0, 0.05) is 47.3 Å². The second kappa shape index (κ2) is 6.83. The van der Waals surface area contributed by atoms with Gasteiger partial charge >= 0.3 is 0 Å². The summed E-state index contributed by atoms with van der Waals surface area (Å²) in [7, 11) is 0. The Labute approximate surface area is 126 Å². The Hall–Kier alpha value is -0.430. The molecular weight excluding hydrogens is 326 g/mol. The number of hydrogen-bond donors (Lipinski definition) is 2. The Morgan fingerprint density at radius 1 is 1.63 bits per heavy atom. The van der Waals surface area contributed by atoms with E-state index in [0.717, 1.165) is 30.4 Å². The third kappa shape index (κ3) is 4.02. The number of thiophene rings is 1. The Kier molecular flexibility index (Phi) is 5.38. The predicted octanol–water partition coefficient (Wildman–Crippen LogP) is 2.11. The summed E-state index contributed by atoms with van der Waals surface area (Å²) >= 11 is 5.24. The molecule has 0 aromatic carbocycles. The molecule has 1 aliphatic heterocycles. The molecule has 1 saturated heterocycles. The van der Waals surface area contributed by atoms with Gasteiger partial charge < -0.3 is 11.1 Å². The summed E-state index contributed by atoms with van der Waals surface area (Å²) in [5.74, 6) is 0.0658. The van der Waals surface area contributed by atoms with Gasteiger partial charge in [-0.05, 0) is 34.8 Å². The molecule has 0 spiro atoms. The number of halogens is 1. The molecule has 1 aromatic rings. The van der Waals surface area contributed by atoms with Crippen molar-refractivity contribution in [1.29, 1.82) is 0 Å². The van der Waals surface area contributed by atoms with E-state index in [-0.39, 0.29) is 5.91 Å². The van der Waals surface area contributed by atoms with E-state index in [0.29, 0.717) is 18.6 Å². The first kappa shape index (κ1) is 15.0. The third-order valence-electron chi connectivity index (χ3n) is 3.52. The van der Waals surface area contributed by atoms with Gasteiger partial charge in [0.05, 0.1) is 6.04 Å². The number of hydrogen-bond acceptors (Lipinski definition) is 4. The van der Waals surface area contributed by atoms with Gasteiger partial charge in [-0.3, -0.25) is 9.69 Å². The van der Waals surface area contributed by atoms with E-state index in [9.17, 15) is 4.79 Å². The van der Waals surface area contributed by atoms with Gasteiger partial charge in [-0.1, -0.05) is 0 Å². The fraction of sp³-hybridized carbons (Fsp3) is 0.615. The highest BCUT2D eigenvalue weighted by molar-refractivity contribution is 9.10. The van der Waals surface area contributed by atoms with Crippen molar-refractivity contribution in [3.8, 4) is 0 Å². The summed E-state index contributed by atoms with van der Waals surface area (Å²) in [6, 6.07) is 2.78. The zero-order valence-electron chi connectivity index (χ0n) is 11.1. The average molecular weight is 346 g/mol. The molecule has 19 heavy (non-hydrogen) atoms. The number of carbonyl (C=O) groups excluding carboxylic acids is 1. The molecule has 4 nitrogen and oxygen atoms in total. The number of rotatable bonds is 4. The lowest BCUT2D eigenvalue weighted by Gasteiger charge is -2.36. The van der Waals surface area contributed by atoms with Crippen molar-refractivity contribution in [2.24, 2.45) is 5.73 Å². The van der Waals surface area contributed by atoms with Crippen LogP contribution < -0.4 is 11.1 Å². The molecule has 2 heterocycles. The standard InChI is InChI=1S/C13H20BrN3OS/c1-9(18)16-11-2-4-17(5-3-11)12(7-15)13-6-10(14)8-19-13/h6,8,11-12H,2-5,7,15H2,1H3,(H,16,18). The van der Waals surface area contributed by atoms with Crippen LogP contribution in [-0.2, 0) is 4.79 Å². The topological polar surface area (TPSA) is 58.4 Å². The Morgan fingerprint density at radius 2 is 2.32 bits per heavy atom. The molecule has 0 aliphatic carbocycles. The van der Waals surface area contributed by atoms with Crippen LogP contribution in [0.3, 0.4) is 0 Å². The molecule has 1 amide bonds. The van der Waals surface area contributed by atoms with Crippen molar-refractivity contribution >= 4 is 33.2 Å². The van der Waals surface area contributed by atoms with Gasteiger partial charge in [-0.15, -0.1) is 11.3 Å². The van der Waals surface area contributed by atoms with Gasteiger partial charge in [-0.2, -0.15) is 0 Å². The minimum atomic E-state index is 0.0658. The highest BCUT2D eigenvalue weighted by atomic mass is 79.9. The SMILES string of the molecule is CC(=O)NC1CCN(C(CN)c2cc(Br)cs2)CC1. The minimum Gasteiger partial charge on any atom is -0.354 e. The van der Waals surface area contributed by atoms with Crippen LogP contribution in [0.25, 0.3) is 0 Å². The van der Waals surface area contributed by atoms with Crippen molar-refractivity contribution < 1.29 is 4.79 Å². The molecule has 1 fully saturated rings. The molecule has 106 valence electrons. The largest absolute Gasteiger partial charge is 0.354 e. The van der Waals surface area contributed by atoms with E-state index in [1.807, 2.05) is 0 Å². The molecular formula is C13H20BrN3OS. The van der Waals surface area contributed by atoms with Gasteiger partial charge in [0.25, 0.3) is 0 Å². The first-order valence-electron chi connectivity index (χ1n) is 6.55. The first-order chi connectivity index (χ1) is 9.10. The van der Waals surface area contributed by atoms with E-state index in [4.69, 9.17) is 5.73 Å². The Balaban J connectivity index is 1.93. The minimum absolute atomic E-state index is 0.0658. The third-order valence-corrected chi connectivity index (χ3v) is 5.31. The zero-order valence-corrected chi connectivity index (χ0v) is 13.5. The van der Waals surface area contributed by atoms with Crippen molar-refractivity contribution in [3.63, 3.8) is 0 Å². The summed E-state index contributed by atoms with van der Waals surface area (Å²) in [5.41, 5.74) is 5.94. The second-order valence-corrected chi connectivity index (χ2v) is 6.79. The van der Waals surface area contributed by atoms with Gasteiger partial charge in [0.15, 0.2) is 0 Å². The number of nitrogens with zero attached hydrogens (tertiary/aromatic N) is 1. The van der Waals surface area contributed by atoms with E-state index >= 15 is 0 Å². The van der Waals surface area contributed by atoms with Crippen LogP contribution in [0.4, 0.5) is 0 Å². The molecule has 0 saturated carbocycles. The number of carbonyl (C=O) groups is 1. The molecule has 1 aromatic heterocycles. The highest BCUT2D eigenvalue weighted by Gasteiger charge is 2.26. The van der Waals surface area contributed by atoms with E-state index in [1.54, 1.807) is 18.3 Å². The van der Waals surface area contributed by atoms with Crippen LogP contribution in [-0.4, -0.2) is 36.5 Å². The zero-order chi connectivity index (χ0) is 13.8. The van der Waals surface area contributed by atoms with Gasteiger partial charge in [-0.25, -0.2) is 0 Å². The second-order valence-electron chi connectivity index (χ2n) is 4.93. The fourth-order valence-corrected chi connectivity index (χ4v) is 4.18. The molecule has 1 unspecified atom stereocenters. The smallest absolute Gasteiger partial charge is 0.217 e. The Morgan fingerprint density at radius 3 is 2.79 bits per heavy atom. The lowest BCUT2D eigenvalue weighted by atomic mass is 10.0. The van der Waals surface area contributed by atoms with Gasteiger partial charge in [0.2, 0.25) is 5.91 Å². The lowest BCUT2D eigenvalue weighted by molar-refractivity contribution is -0.120. The number of piperidine rings is 1. The van der Waals surface area contributed by atoms with Crippen molar-refractivity contribution in [3.05, 3.63) is 20.8 Å². The molecule has 3 N–H and O–H groups in total. The maximum atomic E-state index is 11.1. The maximum absolute atomic E-state index is 11.1. The Bertz CT molecular complexity index is 429. The summed E-state index contributed by atoms with van der Waals surface area (Å²) in [6.45, 7) is 4.20.